The van der Waals surface area contributed by atoms with Crippen LogP contribution in [0.5, 0.6) is 5.75 Å². The first-order chi connectivity index (χ1) is 11.0. The number of sulfone groups is 1. The van der Waals surface area contributed by atoms with Gasteiger partial charge in [0.05, 0.1) is 30.5 Å². The smallest absolute Gasteiger partial charge is 0.152 e. The summed E-state index contributed by atoms with van der Waals surface area (Å²) in [5, 5.41) is 10.5. The minimum absolute atomic E-state index is 0.00128. The highest BCUT2D eigenvalue weighted by atomic mass is 32.2. The van der Waals surface area contributed by atoms with Gasteiger partial charge in [-0.2, -0.15) is 5.10 Å². The van der Waals surface area contributed by atoms with Crippen molar-refractivity contribution in [2.75, 3.05) is 18.6 Å². The zero-order valence-corrected chi connectivity index (χ0v) is 14.1. The summed E-state index contributed by atoms with van der Waals surface area (Å²) in [6, 6.07) is 7.74. The van der Waals surface area contributed by atoms with Gasteiger partial charge in [0, 0.05) is 23.7 Å². The molecule has 124 valence electrons. The normalized spacial score (nSPS) is 23.0. The number of ether oxygens (including phenoxy) is 1. The van der Waals surface area contributed by atoms with Gasteiger partial charge >= 0.3 is 0 Å². The summed E-state index contributed by atoms with van der Waals surface area (Å²) in [4.78, 5) is 0. The molecule has 2 N–H and O–H groups in total. The van der Waals surface area contributed by atoms with Crippen molar-refractivity contribution in [3.63, 3.8) is 0 Å². The van der Waals surface area contributed by atoms with Crippen LogP contribution in [0, 0.1) is 5.92 Å². The van der Waals surface area contributed by atoms with Crippen LogP contribution in [0.15, 0.2) is 30.5 Å². The van der Waals surface area contributed by atoms with Crippen LogP contribution in [0.1, 0.15) is 12.5 Å². The third-order valence-electron chi connectivity index (χ3n) is 4.29. The fourth-order valence-electron chi connectivity index (χ4n) is 2.98. The first-order valence-corrected chi connectivity index (χ1v) is 9.41. The second-order valence-corrected chi connectivity index (χ2v) is 8.19. The summed E-state index contributed by atoms with van der Waals surface area (Å²) in [5.74, 6) is 1.42. The summed E-state index contributed by atoms with van der Waals surface area (Å²) in [5.41, 5.74) is 2.98. The molecular weight excluding hydrogens is 314 g/mol. The van der Waals surface area contributed by atoms with Crippen LogP contribution < -0.4 is 10.1 Å². The van der Waals surface area contributed by atoms with E-state index in [1.54, 1.807) is 13.3 Å². The molecule has 0 amide bonds. The summed E-state index contributed by atoms with van der Waals surface area (Å²) < 4.78 is 28.6. The topological polar surface area (TPSA) is 84.1 Å². The Morgan fingerprint density at radius 3 is 2.65 bits per heavy atom. The maximum Gasteiger partial charge on any atom is 0.152 e. The van der Waals surface area contributed by atoms with E-state index in [1.165, 1.54) is 0 Å². The summed E-state index contributed by atoms with van der Waals surface area (Å²) >= 11 is 0. The van der Waals surface area contributed by atoms with E-state index in [4.69, 9.17) is 4.74 Å². The molecule has 1 saturated heterocycles. The second-order valence-electron chi connectivity index (χ2n) is 6.04. The molecule has 0 saturated carbocycles. The molecule has 2 atom stereocenters. The van der Waals surface area contributed by atoms with Gasteiger partial charge in [-0.1, -0.05) is 6.92 Å². The molecule has 1 fully saturated rings. The molecule has 7 heteroatoms. The lowest BCUT2D eigenvalue weighted by Crippen LogP contribution is -2.34. The van der Waals surface area contributed by atoms with Crippen LogP contribution in [-0.2, 0) is 16.4 Å². The van der Waals surface area contributed by atoms with E-state index in [0.717, 1.165) is 22.6 Å². The highest BCUT2D eigenvalue weighted by Crippen LogP contribution is 2.24. The molecule has 0 aliphatic carbocycles. The molecule has 0 spiro atoms. The molecule has 1 aliphatic rings. The molecule has 0 unspecified atom stereocenters. The van der Waals surface area contributed by atoms with Gasteiger partial charge in [-0.05, 0) is 30.2 Å². The van der Waals surface area contributed by atoms with Crippen molar-refractivity contribution in [3.8, 4) is 17.0 Å². The van der Waals surface area contributed by atoms with Crippen molar-refractivity contribution in [3.05, 3.63) is 36.0 Å². The van der Waals surface area contributed by atoms with Crippen LogP contribution >= 0.6 is 0 Å². The van der Waals surface area contributed by atoms with Gasteiger partial charge < -0.3 is 10.1 Å². The number of benzene rings is 1. The molecule has 2 heterocycles. The van der Waals surface area contributed by atoms with E-state index in [-0.39, 0.29) is 23.5 Å². The number of H-pyrrole nitrogens is 1. The lowest BCUT2D eigenvalue weighted by molar-refractivity contribution is 0.415. The molecule has 23 heavy (non-hydrogen) atoms. The number of hydrogen-bond donors (Lipinski definition) is 2. The van der Waals surface area contributed by atoms with Gasteiger partial charge in [-0.15, -0.1) is 0 Å². The molecule has 3 rings (SSSR count). The Morgan fingerprint density at radius 1 is 1.30 bits per heavy atom. The molecule has 0 bridgehead atoms. The summed E-state index contributed by atoms with van der Waals surface area (Å²) in [6.45, 7) is 2.56. The van der Waals surface area contributed by atoms with Crippen LogP contribution in [0.25, 0.3) is 11.3 Å². The zero-order valence-electron chi connectivity index (χ0n) is 13.2. The molecule has 1 aliphatic heterocycles. The van der Waals surface area contributed by atoms with E-state index in [2.05, 4.69) is 15.5 Å². The van der Waals surface area contributed by atoms with E-state index in [0.29, 0.717) is 6.54 Å². The molecular formula is C16H21N3O3S. The second kappa shape index (κ2) is 6.33. The molecule has 2 aromatic rings. The highest BCUT2D eigenvalue weighted by Gasteiger charge is 2.34. The van der Waals surface area contributed by atoms with Crippen LogP contribution in [-0.4, -0.2) is 43.3 Å². The van der Waals surface area contributed by atoms with Crippen LogP contribution in [0.2, 0.25) is 0 Å². The predicted octanol–water partition coefficient (Wildman–Crippen LogP) is 1.61. The molecule has 1 aromatic heterocycles. The zero-order chi connectivity index (χ0) is 16.4. The largest absolute Gasteiger partial charge is 0.497 e. The van der Waals surface area contributed by atoms with Crippen molar-refractivity contribution in [2.24, 2.45) is 5.92 Å². The third-order valence-corrected chi connectivity index (χ3v) is 6.19. The summed E-state index contributed by atoms with van der Waals surface area (Å²) in [7, 11) is -1.27. The number of aromatic amines is 1. The van der Waals surface area contributed by atoms with Crippen LogP contribution in [0.4, 0.5) is 0 Å². The van der Waals surface area contributed by atoms with E-state index in [9.17, 15) is 8.42 Å². The van der Waals surface area contributed by atoms with Crippen molar-refractivity contribution in [1.82, 2.24) is 15.5 Å². The maximum absolute atomic E-state index is 11.7. The Bertz CT molecular complexity index is 768. The first kappa shape index (κ1) is 16.0. The Morgan fingerprint density at radius 2 is 2.04 bits per heavy atom. The fraction of sp³-hybridized carbons (Fsp3) is 0.438. The Labute approximate surface area is 136 Å². The van der Waals surface area contributed by atoms with Crippen molar-refractivity contribution in [1.29, 1.82) is 0 Å². The molecule has 1 aromatic carbocycles. The average Bonchev–Trinajstić information content (AvgIpc) is 3.09. The Kier molecular flexibility index (Phi) is 4.41. The standard InChI is InChI=1S/C16H21N3O3S/c1-11-9-23(20,21)10-15(11)17-7-13-8-18-19-16(13)12-3-5-14(22-2)6-4-12/h3-6,8,11,15,17H,7,9-10H2,1-2H3,(H,18,19)/t11-,15+/m0/s1. The number of nitrogens with one attached hydrogen (secondary N) is 2. The minimum Gasteiger partial charge on any atom is -0.497 e. The first-order valence-electron chi connectivity index (χ1n) is 7.59. The quantitative estimate of drug-likeness (QED) is 0.867. The van der Waals surface area contributed by atoms with Gasteiger partial charge in [-0.25, -0.2) is 8.42 Å². The van der Waals surface area contributed by atoms with Gasteiger partial charge in [-0.3, -0.25) is 5.10 Å². The molecule has 0 radical (unpaired) electrons. The lowest BCUT2D eigenvalue weighted by atomic mass is 10.0. The highest BCUT2D eigenvalue weighted by molar-refractivity contribution is 7.91. The Hall–Kier alpha value is -1.86. The minimum atomic E-state index is -2.91. The number of aromatic nitrogens is 2. The summed E-state index contributed by atoms with van der Waals surface area (Å²) in [6.07, 6.45) is 1.78. The fourth-order valence-corrected chi connectivity index (χ4v) is 5.14. The van der Waals surface area contributed by atoms with Crippen molar-refractivity contribution >= 4 is 9.84 Å². The molecule has 6 nitrogen and oxygen atoms in total. The maximum atomic E-state index is 11.7. The van der Waals surface area contributed by atoms with E-state index in [1.807, 2.05) is 31.2 Å². The van der Waals surface area contributed by atoms with Crippen LogP contribution in [0.3, 0.4) is 0 Å². The van der Waals surface area contributed by atoms with E-state index < -0.39 is 9.84 Å². The third kappa shape index (κ3) is 3.56. The number of hydrogen-bond acceptors (Lipinski definition) is 5. The SMILES string of the molecule is COc1ccc(-c2[nH]ncc2CN[C@@H]2CS(=O)(=O)C[C@@H]2C)cc1. The van der Waals surface area contributed by atoms with Gasteiger partial charge in [0.1, 0.15) is 5.75 Å². The van der Waals surface area contributed by atoms with Crippen molar-refractivity contribution < 1.29 is 13.2 Å². The van der Waals surface area contributed by atoms with Gasteiger partial charge in [0.2, 0.25) is 0 Å². The number of nitrogens with zero attached hydrogens (tertiary/aromatic N) is 1. The van der Waals surface area contributed by atoms with E-state index >= 15 is 0 Å². The predicted molar refractivity (Wildman–Crippen MR) is 89.0 cm³/mol. The number of methoxy groups -OCH3 is 1. The Balaban J connectivity index is 1.71. The monoisotopic (exact) mass is 335 g/mol. The van der Waals surface area contributed by atoms with Crippen molar-refractivity contribution in [2.45, 2.75) is 19.5 Å². The average molecular weight is 335 g/mol. The lowest BCUT2D eigenvalue weighted by Gasteiger charge is -2.15. The number of rotatable bonds is 5. The van der Waals surface area contributed by atoms with Gasteiger partial charge in [0.25, 0.3) is 0 Å². The van der Waals surface area contributed by atoms with Gasteiger partial charge in [0.15, 0.2) is 9.84 Å².